The third-order valence-corrected chi connectivity index (χ3v) is 5.74. The zero-order valence-electron chi connectivity index (χ0n) is 26.4. The molecular formula is C35H39N3O8Zn. The fourth-order valence-corrected chi connectivity index (χ4v) is 3.43. The van der Waals surface area contributed by atoms with Crippen LogP contribution in [0.15, 0.2) is 109 Å². The number of phenolic OH excluding ortho intramolecular Hbond substituents is 3. The number of rotatable bonds is 6. The molecule has 47 heavy (non-hydrogen) atoms. The number of benzene rings is 4. The molecule has 7 N–H and O–H groups in total. The van der Waals surface area contributed by atoms with Crippen molar-refractivity contribution in [2.75, 3.05) is 24.7 Å². The Labute approximate surface area is 286 Å². The van der Waals surface area contributed by atoms with Crippen molar-refractivity contribution in [3.05, 3.63) is 120 Å². The van der Waals surface area contributed by atoms with E-state index < -0.39 is 0 Å². The molecule has 4 aromatic carbocycles. The molecule has 0 radical (unpaired) electrons. The first kappa shape index (κ1) is 41.8. The Bertz CT molecular complexity index is 1600. The number of pyridine rings is 1. The molecule has 0 spiro atoms. The molecule has 0 amide bonds. The zero-order chi connectivity index (χ0) is 33.0. The first-order valence-corrected chi connectivity index (χ1v) is 14.2. The number of hydrogen-bond acceptors (Lipinski definition) is 10. The van der Waals surface area contributed by atoms with E-state index in [-0.39, 0.29) is 54.1 Å². The minimum Gasteiger partial charge on any atom is -2.00 e. The molecular weight excluding hydrogens is 656 g/mol. The molecule has 0 aliphatic rings. The van der Waals surface area contributed by atoms with Crippen LogP contribution in [0.3, 0.4) is 0 Å². The van der Waals surface area contributed by atoms with E-state index in [0.717, 1.165) is 18.2 Å². The number of anilines is 2. The summed E-state index contributed by atoms with van der Waals surface area (Å²) in [4.78, 5) is 26.5. The van der Waals surface area contributed by atoms with Gasteiger partial charge >= 0.3 is 31.4 Å². The van der Waals surface area contributed by atoms with Gasteiger partial charge in [0.1, 0.15) is 22.8 Å². The Hall–Kier alpha value is -5.19. The monoisotopic (exact) mass is 693 g/mol. The first-order valence-electron chi connectivity index (χ1n) is 14.2. The van der Waals surface area contributed by atoms with Crippen LogP contribution in [0.1, 0.15) is 47.4 Å². The van der Waals surface area contributed by atoms with E-state index >= 15 is 0 Å². The number of ether oxygens (including phenoxy) is 2. The second kappa shape index (κ2) is 23.2. The van der Waals surface area contributed by atoms with Crippen molar-refractivity contribution in [1.82, 2.24) is 4.98 Å². The predicted octanol–water partition coefficient (Wildman–Crippen LogP) is 6.59. The Morgan fingerprint density at radius 2 is 1.19 bits per heavy atom. The summed E-state index contributed by atoms with van der Waals surface area (Å²) >= 11 is 0. The summed E-state index contributed by atoms with van der Waals surface area (Å²) in [5.41, 5.74) is 14.0. The number of nitrogen functional groups attached to an aromatic ring is 2. The molecule has 11 nitrogen and oxygen atoms in total. The number of para-hydroxylation sites is 1. The molecule has 0 unspecified atom stereocenters. The van der Waals surface area contributed by atoms with Gasteiger partial charge in [-0.25, -0.2) is 9.59 Å². The van der Waals surface area contributed by atoms with Gasteiger partial charge in [-0.15, -0.1) is 0 Å². The van der Waals surface area contributed by atoms with Gasteiger partial charge in [-0.05, 0) is 86.1 Å². The summed E-state index contributed by atoms with van der Waals surface area (Å²) in [6.45, 7) is 4.70. The predicted molar refractivity (Wildman–Crippen MR) is 177 cm³/mol. The number of aromatic nitrogens is 1. The van der Waals surface area contributed by atoms with Gasteiger partial charge in [0, 0.05) is 29.0 Å². The van der Waals surface area contributed by atoms with E-state index in [1.165, 1.54) is 18.2 Å². The van der Waals surface area contributed by atoms with Crippen molar-refractivity contribution in [1.29, 1.82) is 0 Å². The maximum Gasteiger partial charge on any atom is 2.00 e. The molecule has 1 heterocycles. The Balaban J connectivity index is 0.000000601. The number of unbranched alkanes of at least 4 members (excludes halogenated alkanes) is 1. The third kappa shape index (κ3) is 16.1. The van der Waals surface area contributed by atoms with Crippen LogP contribution in [-0.2, 0) is 34.4 Å². The standard InChI is InChI=1S/C11H15NO2.C9H11NO2.C9H7NO.C6H6O2.O.Zn/c1-2-3-8-14-11(13)9-4-6-10(12)7-5-9;1-2-12-9(11)7-3-5-8(10)6-4-7;11-8-5-1-3-7-4-2-6-10-9(7)8;7-5-2-1-3-6(8)4-5;;/h4-7H,2-3,8,12H2,1H3;3-6H,2,10H2,1H3;1-6,11H;1-4,7-8H;;/q;;;;-2;+2. The van der Waals surface area contributed by atoms with Gasteiger partial charge in [0.15, 0.2) is 0 Å². The average molecular weight is 695 g/mol. The van der Waals surface area contributed by atoms with Gasteiger partial charge in [-0.1, -0.05) is 37.6 Å². The number of aromatic hydroxyl groups is 3. The molecule has 0 saturated heterocycles. The van der Waals surface area contributed by atoms with E-state index in [0.29, 0.717) is 41.2 Å². The molecule has 5 aromatic rings. The maximum atomic E-state index is 11.4. The average Bonchev–Trinajstić information content (AvgIpc) is 3.03. The smallest absolute Gasteiger partial charge is 2.00 e. The van der Waals surface area contributed by atoms with Crippen molar-refractivity contribution < 1.29 is 59.3 Å². The van der Waals surface area contributed by atoms with Gasteiger partial charge in [0.25, 0.3) is 0 Å². The number of nitrogens with two attached hydrogens (primary N) is 2. The molecule has 1 aromatic heterocycles. The topological polar surface area (TPSA) is 207 Å². The van der Waals surface area contributed by atoms with Gasteiger partial charge in [-0.3, -0.25) is 4.98 Å². The number of hydrogen-bond donors (Lipinski definition) is 5. The molecule has 0 atom stereocenters. The summed E-state index contributed by atoms with van der Waals surface area (Å²) in [6, 6.07) is 28.3. The quantitative estimate of drug-likeness (QED) is 0.0558. The van der Waals surface area contributed by atoms with E-state index in [9.17, 15) is 14.7 Å². The number of phenols is 3. The molecule has 244 valence electrons. The van der Waals surface area contributed by atoms with E-state index in [1.807, 2.05) is 18.2 Å². The van der Waals surface area contributed by atoms with E-state index in [2.05, 4.69) is 11.9 Å². The van der Waals surface area contributed by atoms with Gasteiger partial charge < -0.3 is 41.7 Å². The fourth-order valence-electron chi connectivity index (χ4n) is 3.43. The summed E-state index contributed by atoms with van der Waals surface area (Å²) < 4.78 is 9.82. The van der Waals surface area contributed by atoms with E-state index in [1.54, 1.807) is 79.9 Å². The van der Waals surface area contributed by atoms with Crippen LogP contribution < -0.4 is 11.5 Å². The van der Waals surface area contributed by atoms with Crippen LogP contribution in [0.2, 0.25) is 0 Å². The Morgan fingerprint density at radius 1 is 0.702 bits per heavy atom. The molecule has 0 fully saturated rings. The van der Waals surface area contributed by atoms with Crippen LogP contribution >= 0.6 is 0 Å². The van der Waals surface area contributed by atoms with Gasteiger partial charge in [-0.2, -0.15) is 0 Å². The molecule has 0 saturated carbocycles. The maximum absolute atomic E-state index is 11.4. The Kier molecular flexibility index (Phi) is 20.6. The number of carbonyl (C=O) groups is 2. The van der Waals surface area contributed by atoms with Crippen molar-refractivity contribution in [2.45, 2.75) is 26.7 Å². The van der Waals surface area contributed by atoms with Crippen molar-refractivity contribution in [3.8, 4) is 17.2 Å². The Morgan fingerprint density at radius 3 is 1.64 bits per heavy atom. The SMILES string of the molecule is CCCCOC(=O)c1ccc(N)cc1.CCOC(=O)c1ccc(N)cc1.Oc1cccc(O)c1.Oc1cccc2cccnc12.[O-2].[Zn+2]. The van der Waals surface area contributed by atoms with Gasteiger partial charge in [0.2, 0.25) is 0 Å². The second-order valence-electron chi connectivity index (χ2n) is 9.33. The van der Waals surface area contributed by atoms with Crippen molar-refractivity contribution in [3.63, 3.8) is 0 Å². The van der Waals surface area contributed by atoms with Crippen LogP contribution in [0.4, 0.5) is 11.4 Å². The normalized spacial score (nSPS) is 9.23. The minimum absolute atomic E-state index is 0. The second-order valence-corrected chi connectivity index (χ2v) is 9.33. The van der Waals surface area contributed by atoms with Crippen LogP contribution in [-0.4, -0.2) is 45.5 Å². The van der Waals surface area contributed by atoms with Crippen LogP contribution in [0.5, 0.6) is 17.2 Å². The number of fused-ring (bicyclic) bond motifs is 1. The number of carbonyl (C=O) groups excluding carboxylic acids is 2. The molecule has 12 heteroatoms. The van der Waals surface area contributed by atoms with Crippen LogP contribution in [0.25, 0.3) is 10.9 Å². The van der Waals surface area contributed by atoms with Gasteiger partial charge in [0.05, 0.1) is 24.3 Å². The summed E-state index contributed by atoms with van der Waals surface area (Å²) in [7, 11) is 0. The largest absolute Gasteiger partial charge is 2.00 e. The molecule has 0 bridgehead atoms. The van der Waals surface area contributed by atoms with Crippen molar-refractivity contribution >= 4 is 34.2 Å². The summed E-state index contributed by atoms with van der Waals surface area (Å²) in [6.07, 6.45) is 3.60. The molecule has 5 rings (SSSR count). The summed E-state index contributed by atoms with van der Waals surface area (Å²) in [5.74, 6) is -0.172. The first-order chi connectivity index (χ1) is 21.6. The minimum atomic E-state index is -0.308. The van der Waals surface area contributed by atoms with E-state index in [4.69, 9.17) is 31.2 Å². The summed E-state index contributed by atoms with van der Waals surface area (Å²) in [5, 5.41) is 27.6. The van der Waals surface area contributed by atoms with Crippen LogP contribution in [0, 0.1) is 0 Å². The fraction of sp³-hybridized carbons (Fsp3) is 0.171. The molecule has 0 aliphatic heterocycles. The number of nitrogens with zero attached hydrogens (tertiary/aromatic N) is 1. The third-order valence-electron chi connectivity index (χ3n) is 5.74. The number of esters is 2. The zero-order valence-corrected chi connectivity index (χ0v) is 29.4. The van der Waals surface area contributed by atoms with Crippen molar-refractivity contribution in [2.24, 2.45) is 0 Å². The molecule has 0 aliphatic carbocycles.